The summed E-state index contributed by atoms with van der Waals surface area (Å²) in [4.78, 5) is 20.7. The Bertz CT molecular complexity index is 1460. The fourth-order valence-electron chi connectivity index (χ4n) is 3.55. The van der Waals surface area contributed by atoms with E-state index < -0.39 is 35.3 Å². The molecule has 14 heteroatoms. The Morgan fingerprint density at radius 1 is 1.24 bits per heavy atom. The first-order valence-electron chi connectivity index (χ1n) is 11.2. The number of oxazole rings is 1. The van der Waals surface area contributed by atoms with Crippen LogP contribution in [0.5, 0.6) is 5.88 Å². The summed E-state index contributed by atoms with van der Waals surface area (Å²) in [6.07, 6.45) is 1.80. The topological polar surface area (TPSA) is 124 Å². The molecule has 0 aliphatic rings. The maximum absolute atomic E-state index is 14.7. The van der Waals surface area contributed by atoms with Crippen molar-refractivity contribution in [3.8, 4) is 5.88 Å². The molecule has 0 amide bonds. The fourth-order valence-corrected chi connectivity index (χ4v) is 4.43. The van der Waals surface area contributed by atoms with Crippen molar-refractivity contribution in [1.29, 1.82) is 0 Å². The molecule has 0 saturated heterocycles. The molecule has 0 bridgehead atoms. The molecule has 0 radical (unpaired) electrons. The molecule has 4 aromatic rings. The van der Waals surface area contributed by atoms with E-state index in [9.17, 15) is 17.6 Å². The molecule has 0 spiro atoms. The number of rotatable bonds is 9. The first-order valence-corrected chi connectivity index (χ1v) is 12.0. The minimum atomic E-state index is -2.90. The first kappa shape index (κ1) is 27.1. The number of aliphatic imine (C=N–C) groups is 1. The molecule has 3 heterocycles. The van der Waals surface area contributed by atoms with Gasteiger partial charge in [0.2, 0.25) is 11.8 Å². The van der Waals surface area contributed by atoms with Gasteiger partial charge in [-0.25, -0.2) is 37.5 Å². The third kappa shape index (κ3) is 5.96. The zero-order valence-corrected chi connectivity index (χ0v) is 21.3. The molecule has 3 N–H and O–H groups in total. The summed E-state index contributed by atoms with van der Waals surface area (Å²) in [6, 6.07) is 3.73. The number of nitrogens with one attached hydrogen (secondary N) is 1. The summed E-state index contributed by atoms with van der Waals surface area (Å²) in [5, 5.41) is 2.78. The van der Waals surface area contributed by atoms with Crippen LogP contribution in [0.25, 0.3) is 11.0 Å². The monoisotopic (exact) mass is 549 g/mol. The minimum absolute atomic E-state index is 0.0808. The van der Waals surface area contributed by atoms with Crippen molar-refractivity contribution in [2.75, 3.05) is 12.4 Å². The van der Waals surface area contributed by atoms with Crippen LogP contribution in [0.2, 0.25) is 0 Å². The maximum Gasteiger partial charge on any atom is 0.253 e. The third-order valence-corrected chi connectivity index (χ3v) is 6.64. The van der Waals surface area contributed by atoms with Gasteiger partial charge in [-0.15, -0.1) is 0 Å². The van der Waals surface area contributed by atoms with E-state index in [1.165, 1.54) is 44.9 Å². The second-order valence-electron chi connectivity index (χ2n) is 8.38. The predicted octanol–water partition coefficient (Wildman–Crippen LogP) is 5.42. The lowest BCUT2D eigenvalue weighted by Gasteiger charge is -2.28. The lowest BCUT2D eigenvalue weighted by molar-refractivity contribution is 0.106. The molecule has 0 aliphatic carbocycles. The van der Waals surface area contributed by atoms with Crippen molar-refractivity contribution < 1.29 is 26.7 Å². The number of halogens is 4. The standard InChI is InChI=1S/C24H23F4N7O2S/c1-12(21-32-6-7-36-21)37-17-11-33-19-16(35-17)4-5-31-20(19)34-14-8-13(18(26)15(25)9-14)10-24(2,22(27)28)38-23(29)30-3/h4-9,11-12,22H,10H2,1-3H3,(H2,29,30)(H,31,34)/t12-,24+/m0/s1. The summed E-state index contributed by atoms with van der Waals surface area (Å²) in [7, 11) is 1.35. The van der Waals surface area contributed by atoms with Gasteiger partial charge >= 0.3 is 0 Å². The molecule has 38 heavy (non-hydrogen) atoms. The number of hydrogen-bond acceptors (Lipinski definition) is 9. The number of benzene rings is 1. The highest BCUT2D eigenvalue weighted by Crippen LogP contribution is 2.37. The van der Waals surface area contributed by atoms with E-state index in [2.05, 4.69) is 30.2 Å². The first-order chi connectivity index (χ1) is 18.1. The van der Waals surface area contributed by atoms with Gasteiger partial charge < -0.3 is 20.2 Å². The number of aromatic nitrogens is 4. The zero-order valence-electron chi connectivity index (χ0n) is 20.5. The highest BCUT2D eigenvalue weighted by Gasteiger charge is 2.38. The normalized spacial score (nSPS) is 14.5. The molecular formula is C24H23F4N7O2S. The Labute approximate surface area is 219 Å². The third-order valence-electron chi connectivity index (χ3n) is 5.46. The molecule has 0 unspecified atom stereocenters. The molecule has 0 fully saturated rings. The van der Waals surface area contributed by atoms with E-state index in [0.717, 1.165) is 6.07 Å². The summed E-state index contributed by atoms with van der Waals surface area (Å²) in [5.41, 5.74) is 6.15. The van der Waals surface area contributed by atoms with E-state index in [1.54, 1.807) is 13.0 Å². The number of ether oxygens (including phenoxy) is 1. The van der Waals surface area contributed by atoms with Crippen LogP contribution in [-0.4, -0.2) is 43.3 Å². The molecule has 9 nitrogen and oxygen atoms in total. The van der Waals surface area contributed by atoms with E-state index in [-0.39, 0.29) is 28.1 Å². The van der Waals surface area contributed by atoms with E-state index in [4.69, 9.17) is 14.9 Å². The Hall–Kier alpha value is -3.94. The maximum atomic E-state index is 14.7. The highest BCUT2D eigenvalue weighted by atomic mass is 32.2. The van der Waals surface area contributed by atoms with Gasteiger partial charge in [0.1, 0.15) is 11.8 Å². The summed E-state index contributed by atoms with van der Waals surface area (Å²) < 4.78 is 66.1. The van der Waals surface area contributed by atoms with E-state index in [0.29, 0.717) is 28.7 Å². The Balaban J connectivity index is 1.61. The Kier molecular flexibility index (Phi) is 7.99. The van der Waals surface area contributed by atoms with E-state index >= 15 is 0 Å². The van der Waals surface area contributed by atoms with Crippen LogP contribution in [0.15, 0.2) is 52.5 Å². The molecule has 200 valence electrons. The number of pyridine rings is 1. The summed E-state index contributed by atoms with van der Waals surface area (Å²) >= 11 is 0.597. The van der Waals surface area contributed by atoms with Gasteiger partial charge in [0, 0.05) is 25.0 Å². The van der Waals surface area contributed by atoms with Crippen molar-refractivity contribution in [2.45, 2.75) is 37.5 Å². The quantitative estimate of drug-likeness (QED) is 0.160. The molecule has 0 saturated carbocycles. The van der Waals surface area contributed by atoms with Gasteiger partial charge in [0.25, 0.3) is 6.43 Å². The predicted molar refractivity (Wildman–Crippen MR) is 136 cm³/mol. The number of alkyl halides is 2. The van der Waals surface area contributed by atoms with Crippen LogP contribution in [0.3, 0.4) is 0 Å². The molecule has 3 aromatic heterocycles. The number of nitrogens with two attached hydrogens (primary N) is 1. The number of anilines is 2. The lowest BCUT2D eigenvalue weighted by Crippen LogP contribution is -2.36. The molecule has 4 rings (SSSR count). The number of nitrogens with zero attached hydrogens (tertiary/aromatic N) is 5. The van der Waals surface area contributed by atoms with Crippen LogP contribution < -0.4 is 15.8 Å². The molecule has 2 atom stereocenters. The van der Waals surface area contributed by atoms with Crippen molar-refractivity contribution in [2.24, 2.45) is 10.7 Å². The second-order valence-corrected chi connectivity index (χ2v) is 9.93. The minimum Gasteiger partial charge on any atom is -0.464 e. The van der Waals surface area contributed by atoms with E-state index in [1.807, 2.05) is 0 Å². The second kappa shape index (κ2) is 11.2. The fraction of sp³-hybridized carbons (Fsp3) is 0.292. The van der Waals surface area contributed by atoms with Gasteiger partial charge in [-0.05, 0) is 38.0 Å². The van der Waals surface area contributed by atoms with Crippen LogP contribution in [0.1, 0.15) is 31.4 Å². The molecule has 0 aliphatic heterocycles. The number of hydrogen-bond donors (Lipinski definition) is 2. The number of thioether (sulfide) groups is 1. The molecular weight excluding hydrogens is 526 g/mol. The summed E-state index contributed by atoms with van der Waals surface area (Å²) in [5.74, 6) is -1.69. The smallest absolute Gasteiger partial charge is 0.253 e. The SMILES string of the molecule is C/N=C(/N)S[C@](C)(Cc1cc(Nc2nccc3nc(O[C@@H](C)c4ncco4)cnc23)cc(F)c1F)C(F)F. The van der Waals surface area contributed by atoms with Crippen molar-refractivity contribution in [3.05, 3.63) is 66.1 Å². The van der Waals surface area contributed by atoms with Gasteiger partial charge in [-0.1, -0.05) is 11.8 Å². The van der Waals surface area contributed by atoms with Gasteiger partial charge in [0.05, 0.1) is 22.7 Å². The van der Waals surface area contributed by atoms with Crippen LogP contribution in [-0.2, 0) is 6.42 Å². The average molecular weight is 550 g/mol. The molecule has 1 aromatic carbocycles. The van der Waals surface area contributed by atoms with Crippen LogP contribution in [0.4, 0.5) is 29.1 Å². The number of amidine groups is 1. The van der Waals surface area contributed by atoms with Gasteiger partial charge in [0.15, 0.2) is 28.7 Å². The Morgan fingerprint density at radius 2 is 2.03 bits per heavy atom. The van der Waals surface area contributed by atoms with Crippen molar-refractivity contribution in [1.82, 2.24) is 19.9 Å². The van der Waals surface area contributed by atoms with Crippen LogP contribution in [0, 0.1) is 11.6 Å². The Morgan fingerprint density at radius 3 is 2.71 bits per heavy atom. The number of fused-ring (bicyclic) bond motifs is 1. The zero-order chi connectivity index (χ0) is 27.4. The average Bonchev–Trinajstić information content (AvgIpc) is 3.42. The van der Waals surface area contributed by atoms with Crippen molar-refractivity contribution >= 4 is 39.5 Å². The van der Waals surface area contributed by atoms with Gasteiger partial charge in [-0.3, -0.25) is 4.99 Å². The van der Waals surface area contributed by atoms with Crippen LogP contribution >= 0.6 is 11.8 Å². The highest BCUT2D eigenvalue weighted by molar-refractivity contribution is 8.15. The van der Waals surface area contributed by atoms with Gasteiger partial charge in [-0.2, -0.15) is 0 Å². The lowest BCUT2D eigenvalue weighted by atomic mass is 9.99. The largest absolute Gasteiger partial charge is 0.464 e. The van der Waals surface area contributed by atoms with Crippen molar-refractivity contribution in [3.63, 3.8) is 0 Å². The summed E-state index contributed by atoms with van der Waals surface area (Å²) in [6.45, 7) is 2.95.